The summed E-state index contributed by atoms with van der Waals surface area (Å²) in [5.41, 5.74) is 1.05. The van der Waals surface area contributed by atoms with Crippen molar-refractivity contribution in [2.75, 3.05) is 13.2 Å². The zero-order chi connectivity index (χ0) is 14.4. The molecule has 1 aromatic rings. The molecule has 2 amide bonds. The van der Waals surface area contributed by atoms with Gasteiger partial charge < -0.3 is 15.7 Å². The highest BCUT2D eigenvalue weighted by molar-refractivity contribution is 7.11. The van der Waals surface area contributed by atoms with Gasteiger partial charge in [-0.3, -0.25) is 0 Å². The summed E-state index contributed by atoms with van der Waals surface area (Å²) in [7, 11) is 0. The zero-order valence-corrected chi connectivity index (χ0v) is 12.8. The van der Waals surface area contributed by atoms with E-state index in [1.54, 1.807) is 11.3 Å². The molecule has 0 radical (unpaired) electrons. The Morgan fingerprint density at radius 3 is 2.63 bits per heavy atom. The van der Waals surface area contributed by atoms with Crippen molar-refractivity contribution in [2.45, 2.75) is 40.2 Å². The van der Waals surface area contributed by atoms with E-state index in [1.165, 1.54) is 4.88 Å². The van der Waals surface area contributed by atoms with Gasteiger partial charge in [-0.2, -0.15) is 0 Å². The van der Waals surface area contributed by atoms with Crippen LogP contribution in [-0.4, -0.2) is 35.3 Å². The lowest BCUT2D eigenvalue weighted by Gasteiger charge is -2.19. The zero-order valence-electron chi connectivity index (χ0n) is 12.0. The molecule has 0 aromatic carbocycles. The maximum absolute atomic E-state index is 11.6. The van der Waals surface area contributed by atoms with Crippen molar-refractivity contribution in [3.05, 3.63) is 15.6 Å². The van der Waals surface area contributed by atoms with Crippen molar-refractivity contribution in [2.24, 2.45) is 5.92 Å². The Hall–Kier alpha value is -1.14. The van der Waals surface area contributed by atoms with E-state index in [-0.39, 0.29) is 24.6 Å². The number of hydrogen-bond donors (Lipinski definition) is 3. The second-order valence-electron chi connectivity index (χ2n) is 4.84. The predicted octanol–water partition coefficient (Wildman–Crippen LogP) is 1.62. The normalized spacial score (nSPS) is 13.9. The number of thiazole rings is 1. The smallest absolute Gasteiger partial charge is 0.315 e. The van der Waals surface area contributed by atoms with Gasteiger partial charge in [-0.05, 0) is 26.7 Å². The van der Waals surface area contributed by atoms with Crippen LogP contribution in [0.4, 0.5) is 4.79 Å². The van der Waals surface area contributed by atoms with Crippen LogP contribution in [0.15, 0.2) is 0 Å². The Morgan fingerprint density at radius 1 is 1.42 bits per heavy atom. The minimum Gasteiger partial charge on any atom is -0.396 e. The summed E-state index contributed by atoms with van der Waals surface area (Å²) < 4.78 is 0. The molecule has 0 saturated carbocycles. The molecule has 0 spiro atoms. The van der Waals surface area contributed by atoms with Crippen molar-refractivity contribution in [1.82, 2.24) is 15.6 Å². The van der Waals surface area contributed by atoms with Gasteiger partial charge in [-0.15, -0.1) is 11.3 Å². The van der Waals surface area contributed by atoms with Gasteiger partial charge >= 0.3 is 6.03 Å². The molecule has 6 heteroatoms. The number of carbonyl (C=O) groups excluding carboxylic acids is 1. The first-order chi connectivity index (χ1) is 8.93. The van der Waals surface area contributed by atoms with Gasteiger partial charge in [0.25, 0.3) is 0 Å². The molecule has 1 rings (SSSR count). The molecule has 0 saturated heterocycles. The van der Waals surface area contributed by atoms with E-state index in [1.807, 2.05) is 27.7 Å². The average molecular weight is 285 g/mol. The van der Waals surface area contributed by atoms with Gasteiger partial charge in [0, 0.05) is 30.5 Å². The Kier molecular flexibility index (Phi) is 6.24. The fourth-order valence-corrected chi connectivity index (χ4v) is 2.59. The number of hydrogen-bond acceptors (Lipinski definition) is 4. The van der Waals surface area contributed by atoms with E-state index in [0.29, 0.717) is 6.54 Å². The second-order valence-corrected chi connectivity index (χ2v) is 6.13. The third-order valence-electron chi connectivity index (χ3n) is 3.14. The third kappa shape index (κ3) is 5.16. The molecule has 2 atom stereocenters. The van der Waals surface area contributed by atoms with Crippen molar-refractivity contribution >= 4 is 17.4 Å². The van der Waals surface area contributed by atoms with Crippen LogP contribution in [0.25, 0.3) is 0 Å². The van der Waals surface area contributed by atoms with Gasteiger partial charge in [-0.25, -0.2) is 9.78 Å². The summed E-state index contributed by atoms with van der Waals surface area (Å²) in [5, 5.41) is 15.7. The number of aromatic nitrogens is 1. The average Bonchev–Trinajstić information content (AvgIpc) is 2.66. The first-order valence-corrected chi connectivity index (χ1v) is 7.33. The highest BCUT2D eigenvalue weighted by Crippen LogP contribution is 2.16. The summed E-state index contributed by atoms with van der Waals surface area (Å²) in [6.45, 7) is 8.42. The first-order valence-electron chi connectivity index (χ1n) is 6.52. The van der Waals surface area contributed by atoms with E-state index in [0.717, 1.165) is 17.1 Å². The fourth-order valence-electron chi connectivity index (χ4n) is 1.65. The molecule has 0 aliphatic heterocycles. The molecule has 1 heterocycles. The number of rotatable bonds is 6. The van der Waals surface area contributed by atoms with E-state index >= 15 is 0 Å². The summed E-state index contributed by atoms with van der Waals surface area (Å²) in [6.07, 6.45) is 0.800. The molecule has 0 aliphatic carbocycles. The predicted molar refractivity (Wildman–Crippen MR) is 77.5 cm³/mol. The minimum absolute atomic E-state index is 0.0441. The fraction of sp³-hybridized carbons (Fsp3) is 0.692. The lowest BCUT2D eigenvalue weighted by Crippen LogP contribution is -2.44. The lowest BCUT2D eigenvalue weighted by atomic mass is 10.1. The van der Waals surface area contributed by atoms with Crippen LogP contribution < -0.4 is 10.6 Å². The van der Waals surface area contributed by atoms with E-state index < -0.39 is 0 Å². The third-order valence-corrected chi connectivity index (χ3v) is 4.27. The molecule has 0 bridgehead atoms. The topological polar surface area (TPSA) is 74.2 Å². The van der Waals surface area contributed by atoms with E-state index in [4.69, 9.17) is 5.11 Å². The molecule has 0 fully saturated rings. The molecular formula is C13H23N3O2S. The highest BCUT2D eigenvalue weighted by atomic mass is 32.1. The van der Waals surface area contributed by atoms with Crippen LogP contribution in [-0.2, 0) is 6.42 Å². The second kappa shape index (κ2) is 7.45. The summed E-state index contributed by atoms with van der Waals surface area (Å²) >= 11 is 1.67. The number of aliphatic hydroxyl groups is 1. The standard InChI is InChI=1S/C13H23N3O2S/c1-8(7-17)9(2)16-13(18)14-6-5-12-10(3)15-11(4)19-12/h8-9,17H,5-7H2,1-4H3,(H2,14,16,18). The SMILES string of the molecule is Cc1nc(C)c(CCNC(=O)NC(C)C(C)CO)s1. The van der Waals surface area contributed by atoms with Crippen LogP contribution in [0.1, 0.15) is 29.4 Å². The maximum atomic E-state index is 11.6. The summed E-state index contributed by atoms with van der Waals surface area (Å²) in [4.78, 5) is 17.2. The lowest BCUT2D eigenvalue weighted by molar-refractivity contribution is 0.200. The monoisotopic (exact) mass is 285 g/mol. The number of nitrogens with zero attached hydrogens (tertiary/aromatic N) is 1. The number of urea groups is 1. The Balaban J connectivity index is 2.29. The van der Waals surface area contributed by atoms with Crippen molar-refractivity contribution < 1.29 is 9.90 Å². The number of aryl methyl sites for hydroxylation is 2. The quantitative estimate of drug-likeness (QED) is 0.743. The molecule has 19 heavy (non-hydrogen) atoms. The largest absolute Gasteiger partial charge is 0.396 e. The van der Waals surface area contributed by atoms with Crippen molar-refractivity contribution in [1.29, 1.82) is 0 Å². The van der Waals surface area contributed by atoms with Crippen molar-refractivity contribution in [3.8, 4) is 0 Å². The molecule has 2 unspecified atom stereocenters. The molecule has 108 valence electrons. The molecule has 3 N–H and O–H groups in total. The molecule has 5 nitrogen and oxygen atoms in total. The number of aliphatic hydroxyl groups excluding tert-OH is 1. The van der Waals surface area contributed by atoms with Gasteiger partial charge in [0.05, 0.1) is 10.7 Å². The van der Waals surface area contributed by atoms with Gasteiger partial charge in [0.2, 0.25) is 0 Å². The van der Waals surface area contributed by atoms with Crippen LogP contribution in [0.2, 0.25) is 0 Å². The van der Waals surface area contributed by atoms with Gasteiger partial charge in [0.1, 0.15) is 0 Å². The van der Waals surface area contributed by atoms with Crippen molar-refractivity contribution in [3.63, 3.8) is 0 Å². The maximum Gasteiger partial charge on any atom is 0.315 e. The Morgan fingerprint density at radius 2 is 2.11 bits per heavy atom. The first kappa shape index (κ1) is 15.9. The number of amides is 2. The van der Waals surface area contributed by atoms with Crippen LogP contribution in [0.3, 0.4) is 0 Å². The number of carbonyl (C=O) groups is 1. The highest BCUT2D eigenvalue weighted by Gasteiger charge is 2.13. The summed E-state index contributed by atoms with van der Waals surface area (Å²) in [5.74, 6) is 0.0529. The van der Waals surface area contributed by atoms with E-state index in [2.05, 4.69) is 15.6 Å². The van der Waals surface area contributed by atoms with Crippen LogP contribution >= 0.6 is 11.3 Å². The van der Waals surface area contributed by atoms with Gasteiger partial charge in [-0.1, -0.05) is 6.92 Å². The number of nitrogens with one attached hydrogen (secondary N) is 2. The Bertz CT molecular complexity index is 420. The van der Waals surface area contributed by atoms with Gasteiger partial charge in [0.15, 0.2) is 0 Å². The Labute approximate surface area is 118 Å². The van der Waals surface area contributed by atoms with Crippen LogP contribution in [0, 0.1) is 19.8 Å². The summed E-state index contributed by atoms with van der Waals surface area (Å²) in [6, 6.07) is -0.232. The van der Waals surface area contributed by atoms with E-state index in [9.17, 15) is 4.79 Å². The minimum atomic E-state index is -0.188. The van der Waals surface area contributed by atoms with Crippen LogP contribution in [0.5, 0.6) is 0 Å². The molecule has 0 aliphatic rings. The molecule has 1 aromatic heterocycles. The molecular weight excluding hydrogens is 262 g/mol.